The molecule has 2 atom stereocenters. The summed E-state index contributed by atoms with van der Waals surface area (Å²) >= 11 is 6.94. The molecule has 1 amide bonds. The summed E-state index contributed by atoms with van der Waals surface area (Å²) in [4.78, 5) is 22.9. The highest BCUT2D eigenvalue weighted by molar-refractivity contribution is 6.36. The van der Waals surface area contributed by atoms with Gasteiger partial charge in [-0.2, -0.15) is 20.0 Å². The van der Waals surface area contributed by atoms with Crippen molar-refractivity contribution in [1.29, 1.82) is 10.5 Å². The third-order valence-electron chi connectivity index (χ3n) is 7.06. The molecule has 3 aromatic rings. The number of aromatic nitrogens is 4. The first-order valence-corrected chi connectivity index (χ1v) is 13.9. The Morgan fingerprint density at radius 1 is 1.24 bits per heavy atom. The molecule has 0 spiro atoms. The van der Waals surface area contributed by atoms with Crippen LogP contribution in [0.25, 0.3) is 5.65 Å². The van der Waals surface area contributed by atoms with Crippen LogP contribution < -0.4 is 26.2 Å². The third kappa shape index (κ3) is 6.57. The summed E-state index contributed by atoms with van der Waals surface area (Å²) in [7, 11) is 1.31. The van der Waals surface area contributed by atoms with Crippen LogP contribution in [0.1, 0.15) is 44.4 Å². The quantitative estimate of drug-likeness (QED) is 0.244. The van der Waals surface area contributed by atoms with Gasteiger partial charge in [0.15, 0.2) is 17.2 Å². The van der Waals surface area contributed by atoms with Crippen LogP contribution in [-0.4, -0.2) is 81.3 Å². The van der Waals surface area contributed by atoms with Gasteiger partial charge in [0.2, 0.25) is 5.95 Å². The van der Waals surface area contributed by atoms with Gasteiger partial charge >= 0.3 is 6.09 Å². The summed E-state index contributed by atoms with van der Waals surface area (Å²) in [6.45, 7) is 4.64. The maximum absolute atomic E-state index is 12.0. The minimum atomic E-state index is -0.970. The molecule has 1 aliphatic heterocycles. The van der Waals surface area contributed by atoms with Gasteiger partial charge in [0.05, 0.1) is 53.0 Å². The largest absolute Gasteiger partial charge is 0.453 e. The number of ether oxygens (including phenoxy) is 1. The Morgan fingerprint density at radius 3 is 2.69 bits per heavy atom. The number of carbonyl (C=O) groups excluding carboxylic acids is 1. The van der Waals surface area contributed by atoms with Crippen molar-refractivity contribution in [2.45, 2.75) is 56.8 Å². The fourth-order valence-corrected chi connectivity index (χ4v) is 5.06. The minimum Gasteiger partial charge on any atom is -0.453 e. The number of amides is 1. The lowest BCUT2D eigenvalue weighted by atomic mass is 9.97. The molecule has 14 nitrogen and oxygen atoms in total. The van der Waals surface area contributed by atoms with Crippen LogP contribution >= 0.6 is 11.6 Å². The Bertz CT molecular complexity index is 1570. The van der Waals surface area contributed by atoms with Crippen LogP contribution in [0.3, 0.4) is 0 Å². The number of piperidine rings is 1. The zero-order valence-electron chi connectivity index (χ0n) is 23.5. The lowest BCUT2D eigenvalue weighted by Gasteiger charge is -2.41. The maximum Gasteiger partial charge on any atom is 0.407 e. The van der Waals surface area contributed by atoms with Crippen molar-refractivity contribution in [1.82, 2.24) is 30.2 Å². The molecule has 15 heteroatoms. The first-order chi connectivity index (χ1) is 20.1. The van der Waals surface area contributed by atoms with E-state index in [9.17, 15) is 20.4 Å². The van der Waals surface area contributed by atoms with E-state index >= 15 is 0 Å². The molecule has 220 valence electrons. The SMILES string of the molecule is COC(=O)N[C@H]1CCN(c2cc(C#N)cc(Nc3nc(NC4CC4)c4ncc(C#N)n4n3)c2Cl)C[C@H]1NCC(C)(C)O. The average Bonchev–Trinajstić information content (AvgIpc) is 3.68. The number of alkyl carbamates (subject to hydrolysis) is 1. The lowest BCUT2D eigenvalue weighted by Crippen LogP contribution is -2.61. The fourth-order valence-electron chi connectivity index (χ4n) is 4.79. The Hall–Kier alpha value is -4.37. The molecule has 3 heterocycles. The normalized spacial score (nSPS) is 18.7. The minimum absolute atomic E-state index is 0.175. The standard InChI is InChI=1S/C27H32ClN11O3/c1-27(2,41)14-32-20-13-38(7-6-18(20)35-26(40)42-3)21-9-15(10-29)8-19(22(21)28)34-25-36-23(33-16-4-5-16)24-31-12-17(11-30)39(24)37-25/h8-9,12,16,18,20,32,41H,4-7,13-14H2,1-3H3,(H,35,40)(H2,33,34,36,37)/t18-,20+/m0/s1. The third-order valence-corrected chi connectivity index (χ3v) is 7.46. The summed E-state index contributed by atoms with van der Waals surface area (Å²) in [6.07, 6.45) is 3.49. The Kier molecular flexibility index (Phi) is 8.22. The van der Waals surface area contributed by atoms with Crippen LogP contribution in [0.4, 0.5) is 27.9 Å². The first kappa shape index (κ1) is 29.1. The van der Waals surface area contributed by atoms with Crippen molar-refractivity contribution >= 4 is 46.5 Å². The van der Waals surface area contributed by atoms with E-state index in [1.54, 1.807) is 26.0 Å². The van der Waals surface area contributed by atoms with Gasteiger partial charge in [-0.15, -0.1) is 5.10 Å². The zero-order chi connectivity index (χ0) is 30.0. The maximum atomic E-state index is 12.0. The number of benzene rings is 1. The summed E-state index contributed by atoms with van der Waals surface area (Å²) in [6, 6.07) is 7.37. The predicted octanol–water partition coefficient (Wildman–Crippen LogP) is 2.50. The van der Waals surface area contributed by atoms with Gasteiger partial charge in [-0.25, -0.2) is 9.78 Å². The van der Waals surface area contributed by atoms with E-state index in [1.165, 1.54) is 17.8 Å². The summed E-state index contributed by atoms with van der Waals surface area (Å²) in [5.74, 6) is 0.666. The number of hydrogen-bond acceptors (Lipinski definition) is 12. The van der Waals surface area contributed by atoms with E-state index in [0.29, 0.717) is 59.5 Å². The highest BCUT2D eigenvalue weighted by Crippen LogP contribution is 2.37. The van der Waals surface area contributed by atoms with Gasteiger partial charge in [-0.3, -0.25) is 0 Å². The molecular weight excluding hydrogens is 562 g/mol. The summed E-state index contributed by atoms with van der Waals surface area (Å²) < 4.78 is 6.22. The second kappa shape index (κ2) is 11.9. The summed E-state index contributed by atoms with van der Waals surface area (Å²) in [5.41, 5.74) is 1.11. The molecule has 42 heavy (non-hydrogen) atoms. The van der Waals surface area contributed by atoms with Gasteiger partial charge in [0, 0.05) is 31.7 Å². The number of nitrogens with one attached hydrogen (secondary N) is 4. The number of anilines is 4. The average molecular weight is 594 g/mol. The molecule has 2 aromatic heterocycles. The molecule has 5 rings (SSSR count). The van der Waals surface area contributed by atoms with Gasteiger partial charge in [-0.05, 0) is 45.2 Å². The van der Waals surface area contributed by atoms with E-state index in [-0.39, 0.29) is 29.8 Å². The first-order valence-electron chi connectivity index (χ1n) is 13.6. The number of nitriles is 2. The second-order valence-electron chi connectivity index (χ2n) is 11.1. The van der Waals surface area contributed by atoms with Crippen LogP contribution in [-0.2, 0) is 4.74 Å². The zero-order valence-corrected chi connectivity index (χ0v) is 24.2. The number of halogens is 1. The van der Waals surface area contributed by atoms with Crippen LogP contribution in [0.2, 0.25) is 5.02 Å². The van der Waals surface area contributed by atoms with Gasteiger partial charge in [-0.1, -0.05) is 11.6 Å². The van der Waals surface area contributed by atoms with Gasteiger partial charge in [0.25, 0.3) is 0 Å². The number of imidazole rings is 1. The molecule has 2 aliphatic rings. The number of nitrogens with zero attached hydrogens (tertiary/aromatic N) is 7. The highest BCUT2D eigenvalue weighted by Gasteiger charge is 2.33. The topological polar surface area (TPSA) is 189 Å². The van der Waals surface area contributed by atoms with Crippen molar-refractivity contribution in [3.63, 3.8) is 0 Å². The van der Waals surface area contributed by atoms with Crippen molar-refractivity contribution < 1.29 is 14.6 Å². The van der Waals surface area contributed by atoms with Gasteiger partial charge < -0.3 is 36.0 Å². The number of carbonyl (C=O) groups is 1. The summed E-state index contributed by atoms with van der Waals surface area (Å²) in [5, 5.41) is 47.2. The molecule has 0 radical (unpaired) electrons. The van der Waals surface area contributed by atoms with Crippen molar-refractivity contribution in [3.8, 4) is 12.1 Å². The predicted molar refractivity (Wildman–Crippen MR) is 156 cm³/mol. The molecular formula is C27H32ClN11O3. The Morgan fingerprint density at radius 2 is 2.02 bits per heavy atom. The highest BCUT2D eigenvalue weighted by atomic mass is 35.5. The molecule has 2 fully saturated rings. The molecule has 0 unspecified atom stereocenters. The molecule has 0 bridgehead atoms. The van der Waals surface area contributed by atoms with Crippen LogP contribution in [0, 0.1) is 22.7 Å². The van der Waals surface area contributed by atoms with Crippen molar-refractivity contribution in [2.75, 3.05) is 42.3 Å². The van der Waals surface area contributed by atoms with E-state index in [2.05, 4.69) is 48.5 Å². The van der Waals surface area contributed by atoms with E-state index in [4.69, 9.17) is 16.3 Å². The van der Waals surface area contributed by atoms with E-state index in [1.807, 2.05) is 4.90 Å². The van der Waals surface area contributed by atoms with Gasteiger partial charge in [0.1, 0.15) is 6.07 Å². The smallest absolute Gasteiger partial charge is 0.407 e. The van der Waals surface area contributed by atoms with Crippen molar-refractivity contribution in [2.24, 2.45) is 0 Å². The Balaban J connectivity index is 1.45. The molecule has 1 saturated carbocycles. The second-order valence-corrected chi connectivity index (χ2v) is 11.4. The molecule has 1 aromatic carbocycles. The van der Waals surface area contributed by atoms with Crippen LogP contribution in [0.15, 0.2) is 18.3 Å². The Labute approximate surface area is 247 Å². The van der Waals surface area contributed by atoms with E-state index in [0.717, 1.165) is 12.8 Å². The fraction of sp³-hybridized carbons (Fsp3) is 0.481. The number of rotatable bonds is 9. The lowest BCUT2D eigenvalue weighted by molar-refractivity contribution is 0.0737. The monoisotopic (exact) mass is 593 g/mol. The van der Waals surface area contributed by atoms with Crippen molar-refractivity contribution in [3.05, 3.63) is 34.6 Å². The number of aliphatic hydroxyl groups is 1. The number of fused-ring (bicyclic) bond motifs is 1. The van der Waals surface area contributed by atoms with E-state index < -0.39 is 11.7 Å². The number of hydrogen-bond donors (Lipinski definition) is 5. The van der Waals surface area contributed by atoms with Crippen LogP contribution in [0.5, 0.6) is 0 Å². The molecule has 5 N–H and O–H groups in total. The molecule has 1 saturated heterocycles. The number of methoxy groups -OCH3 is 1. The molecule has 1 aliphatic carbocycles.